The fourth-order valence-electron chi connectivity index (χ4n) is 8.84. The van der Waals surface area contributed by atoms with E-state index in [1.807, 2.05) is 17.0 Å². The van der Waals surface area contributed by atoms with Crippen LogP contribution in [0.25, 0.3) is 11.0 Å². The van der Waals surface area contributed by atoms with Gasteiger partial charge in [0.2, 0.25) is 17.8 Å². The predicted octanol–water partition coefficient (Wildman–Crippen LogP) is 8.67. The first-order valence-corrected chi connectivity index (χ1v) is 23.7. The summed E-state index contributed by atoms with van der Waals surface area (Å²) in [6, 6.07) is 10.5. The lowest BCUT2D eigenvalue weighted by Crippen LogP contribution is -2.48. The Labute approximate surface area is 386 Å². The smallest absolute Gasteiger partial charge is 0.348 e. The highest BCUT2D eigenvalue weighted by Crippen LogP contribution is 2.33. The molecular formula is C47H57N11O7S. The van der Waals surface area contributed by atoms with Crippen molar-refractivity contribution >= 4 is 79.1 Å². The molecule has 0 spiro atoms. The summed E-state index contributed by atoms with van der Waals surface area (Å²) in [4.78, 5) is 97.4. The average Bonchev–Trinajstić information content (AvgIpc) is 3.97. The number of nitrogens with one attached hydrogen (secondary N) is 3. The van der Waals surface area contributed by atoms with E-state index in [0.29, 0.717) is 73.1 Å². The minimum absolute atomic E-state index is 0.00554. The maximum atomic E-state index is 13.6. The summed E-state index contributed by atoms with van der Waals surface area (Å²) in [6.07, 6.45) is 15.8. The molecule has 4 aromatic heterocycles. The van der Waals surface area contributed by atoms with Crippen molar-refractivity contribution in [3.8, 4) is 0 Å². The minimum atomic E-state index is -0.537. The molecule has 1 saturated carbocycles. The highest BCUT2D eigenvalue weighted by molar-refractivity contribution is 7.19. The summed E-state index contributed by atoms with van der Waals surface area (Å²) in [6.45, 7) is 7.44. The lowest BCUT2D eigenvalue weighted by Gasteiger charge is -2.36. The third-order valence-electron chi connectivity index (χ3n) is 12.4. The molecule has 3 amide bonds. The third kappa shape index (κ3) is 11.6. The number of benzene rings is 1. The summed E-state index contributed by atoms with van der Waals surface area (Å²) in [5, 5.41) is 20.4. The number of piperazine rings is 1. The predicted molar refractivity (Wildman–Crippen MR) is 255 cm³/mol. The van der Waals surface area contributed by atoms with Gasteiger partial charge in [-0.3, -0.25) is 44.0 Å². The Bertz CT molecular complexity index is 2630. The van der Waals surface area contributed by atoms with E-state index in [0.717, 1.165) is 94.1 Å². The summed E-state index contributed by atoms with van der Waals surface area (Å²) in [5.74, 6) is 0.114. The lowest BCUT2D eigenvalue weighted by molar-refractivity contribution is -0.380. The van der Waals surface area contributed by atoms with Crippen molar-refractivity contribution in [3.05, 3.63) is 91.6 Å². The number of thiazole rings is 1. The number of pyridine rings is 2. The molecule has 5 aromatic rings. The van der Waals surface area contributed by atoms with Crippen LogP contribution in [0.15, 0.2) is 53.6 Å². The number of rotatable bonds is 20. The number of nitro groups is 1. The summed E-state index contributed by atoms with van der Waals surface area (Å²) in [5.41, 5.74) is 2.83. The number of nitrogens with zero attached hydrogens (tertiary/aromatic N) is 8. The van der Waals surface area contributed by atoms with Gasteiger partial charge in [0.15, 0.2) is 10.9 Å². The zero-order chi connectivity index (χ0) is 46.7. The fraction of sp³-hybridized carbons (Fsp3) is 0.468. The molecule has 19 heteroatoms. The van der Waals surface area contributed by atoms with Crippen molar-refractivity contribution < 1.29 is 24.1 Å². The average molecular weight is 920 g/mol. The number of anilines is 5. The van der Waals surface area contributed by atoms with Gasteiger partial charge in [0.05, 0.1) is 33.6 Å². The number of aromatic nitrogens is 5. The van der Waals surface area contributed by atoms with Gasteiger partial charge in [-0.1, -0.05) is 63.5 Å². The molecule has 18 nitrogen and oxygen atoms in total. The largest absolute Gasteiger partial charge is 0.367 e. The van der Waals surface area contributed by atoms with Crippen molar-refractivity contribution in [3.63, 3.8) is 0 Å². The third-order valence-corrected chi connectivity index (χ3v) is 13.4. The second kappa shape index (κ2) is 22.0. The van der Waals surface area contributed by atoms with Gasteiger partial charge in [0.1, 0.15) is 17.2 Å². The van der Waals surface area contributed by atoms with Gasteiger partial charge in [0.25, 0.3) is 11.5 Å². The zero-order valence-electron chi connectivity index (χ0n) is 37.8. The number of hydrogen-bond donors (Lipinski definition) is 3. The van der Waals surface area contributed by atoms with Gasteiger partial charge in [-0.05, 0) is 87.6 Å². The molecule has 7 rings (SSSR count). The minimum Gasteiger partial charge on any atom is -0.367 e. The number of carbonyl (C=O) groups is 4. The van der Waals surface area contributed by atoms with E-state index in [1.54, 1.807) is 48.1 Å². The molecule has 0 bridgehead atoms. The van der Waals surface area contributed by atoms with Crippen LogP contribution in [-0.2, 0) is 9.59 Å². The summed E-state index contributed by atoms with van der Waals surface area (Å²) in [7, 11) is 0. The molecule has 0 atom stereocenters. The molecule has 5 heterocycles. The molecule has 3 N–H and O–H groups in total. The van der Waals surface area contributed by atoms with E-state index >= 15 is 0 Å². The summed E-state index contributed by atoms with van der Waals surface area (Å²) >= 11 is 0.782. The van der Waals surface area contributed by atoms with Crippen LogP contribution in [0.2, 0.25) is 0 Å². The highest BCUT2D eigenvalue weighted by atomic mass is 32.1. The van der Waals surface area contributed by atoms with Crippen LogP contribution in [0, 0.1) is 24.0 Å². The van der Waals surface area contributed by atoms with Gasteiger partial charge >= 0.3 is 5.00 Å². The van der Waals surface area contributed by atoms with Gasteiger partial charge in [-0.25, -0.2) is 15.0 Å². The summed E-state index contributed by atoms with van der Waals surface area (Å²) < 4.78 is 1.70. The van der Waals surface area contributed by atoms with Crippen LogP contribution in [0.4, 0.5) is 33.3 Å². The first-order valence-electron chi connectivity index (χ1n) is 22.9. The molecule has 0 unspecified atom stereocenters. The molecule has 348 valence electrons. The van der Waals surface area contributed by atoms with Crippen molar-refractivity contribution in [2.45, 2.75) is 117 Å². The monoisotopic (exact) mass is 919 g/mol. The number of hydrogen-bond acceptors (Lipinski definition) is 14. The Balaban J connectivity index is 0.762. The number of Topliss-reactive ketones (excluding diaryl/α,β-unsaturated/α-hetero) is 1. The standard InChI is InChI=1S/C47H57N11O7S/c1-30-36-29-49-46(53-42(36)57(33-16-12-13-17-33)44(63)41(30)32(3)59)52-38-23-22-34(28-48-38)55-24-26-56(27-25-55)40(61)21-11-9-7-5-4-6-8-10-20-39(60)51-37-19-15-14-18-35(37)43(62)54-47-50-31(2)45(66-47)58(64)65/h14-15,18-19,22-23,28-29,33H,4-13,16-17,20-21,24-27H2,1-3H3,(H,51,60)(H,50,54,62)(H,48,49,52,53). The maximum absolute atomic E-state index is 13.6. The Hall–Kier alpha value is -6.63. The molecule has 1 aliphatic carbocycles. The number of amides is 3. The Kier molecular flexibility index (Phi) is 15.8. The van der Waals surface area contributed by atoms with E-state index in [-0.39, 0.29) is 56.2 Å². The topological polar surface area (TPSA) is 228 Å². The Morgan fingerprint density at radius 2 is 1.52 bits per heavy atom. The molecular weight excluding hydrogens is 863 g/mol. The first-order chi connectivity index (χ1) is 31.9. The van der Waals surface area contributed by atoms with Crippen LogP contribution in [0.5, 0.6) is 0 Å². The molecule has 66 heavy (non-hydrogen) atoms. The lowest BCUT2D eigenvalue weighted by atomic mass is 10.0. The van der Waals surface area contributed by atoms with Crippen molar-refractivity contribution in [1.29, 1.82) is 0 Å². The second-order valence-electron chi connectivity index (χ2n) is 17.0. The molecule has 1 saturated heterocycles. The number of ketones is 1. The van der Waals surface area contributed by atoms with Crippen molar-refractivity contribution in [2.24, 2.45) is 0 Å². The van der Waals surface area contributed by atoms with Gasteiger partial charge in [0, 0.05) is 56.6 Å². The number of unbranched alkanes of at least 4 members (excludes halogenated alkanes) is 7. The van der Waals surface area contributed by atoms with Gasteiger partial charge < -0.3 is 20.4 Å². The first kappa shape index (κ1) is 47.3. The number of para-hydroxylation sites is 1. The Morgan fingerprint density at radius 3 is 2.17 bits per heavy atom. The Morgan fingerprint density at radius 1 is 0.833 bits per heavy atom. The fourth-order valence-corrected chi connectivity index (χ4v) is 9.62. The van der Waals surface area contributed by atoms with Crippen LogP contribution in [-0.4, -0.2) is 84.0 Å². The molecule has 1 aromatic carbocycles. The van der Waals surface area contributed by atoms with Gasteiger partial charge in [-0.15, -0.1) is 0 Å². The number of aryl methyl sites for hydroxylation is 2. The van der Waals surface area contributed by atoms with E-state index in [2.05, 4.69) is 35.8 Å². The molecule has 2 aliphatic rings. The molecule has 2 fully saturated rings. The van der Waals surface area contributed by atoms with Crippen LogP contribution in [0.1, 0.15) is 135 Å². The van der Waals surface area contributed by atoms with Crippen LogP contribution in [0.3, 0.4) is 0 Å². The van der Waals surface area contributed by atoms with Crippen molar-refractivity contribution in [1.82, 2.24) is 29.4 Å². The molecule has 1 aliphatic heterocycles. The van der Waals surface area contributed by atoms with Gasteiger partial charge in [-0.2, -0.15) is 4.98 Å². The van der Waals surface area contributed by atoms with Crippen LogP contribution >= 0.6 is 11.3 Å². The molecule has 0 radical (unpaired) electrons. The van der Waals surface area contributed by atoms with E-state index < -0.39 is 10.8 Å². The SMILES string of the molecule is CC(=O)c1c(C)c2cnc(Nc3ccc(N4CCN(C(=O)CCCCCCCCCCC(=O)Nc5ccccc5C(=O)Nc5nc(C)c([N+](=O)[O-])s5)CC4)cn3)nc2n(C2CCCC2)c1=O. The van der Waals surface area contributed by atoms with Crippen LogP contribution < -0.4 is 26.4 Å². The normalized spacial score (nSPS) is 14.1. The second-order valence-corrected chi connectivity index (χ2v) is 18.0. The van der Waals surface area contributed by atoms with Crippen molar-refractivity contribution in [2.75, 3.05) is 47.0 Å². The zero-order valence-corrected chi connectivity index (χ0v) is 38.6. The quantitative estimate of drug-likeness (QED) is 0.0288. The van der Waals surface area contributed by atoms with E-state index in [9.17, 15) is 34.1 Å². The number of fused-ring (bicyclic) bond motifs is 1. The highest BCUT2D eigenvalue weighted by Gasteiger charge is 2.27. The van der Waals surface area contributed by atoms with E-state index in [1.165, 1.54) is 13.8 Å². The maximum Gasteiger partial charge on any atom is 0.348 e. The van der Waals surface area contributed by atoms with E-state index in [4.69, 9.17) is 4.98 Å². The number of carbonyl (C=O) groups excluding carboxylic acids is 4.